The fourth-order valence-corrected chi connectivity index (χ4v) is 4.56. The van der Waals surface area contributed by atoms with Crippen molar-refractivity contribution in [2.75, 3.05) is 49.7 Å². The van der Waals surface area contributed by atoms with Crippen LogP contribution >= 0.6 is 0 Å². The van der Waals surface area contributed by atoms with Crippen LogP contribution in [0, 0.1) is 21.8 Å². The Bertz CT molecular complexity index is 986. The molecule has 4 rings (SSSR count). The molecular formula is C22H25FN4O4. The quantitative estimate of drug-likeness (QED) is 0.432. The summed E-state index contributed by atoms with van der Waals surface area (Å²) in [6.45, 7) is 2.45. The normalized spacial score (nSPS) is 20.1. The average Bonchev–Trinajstić information content (AvgIpc) is 2.78. The van der Waals surface area contributed by atoms with E-state index in [9.17, 15) is 19.3 Å². The fraction of sp³-hybridized carbons (Fsp3) is 0.409. The van der Waals surface area contributed by atoms with Crippen LogP contribution in [0.15, 0.2) is 42.5 Å². The minimum absolute atomic E-state index is 0.0146. The summed E-state index contributed by atoms with van der Waals surface area (Å²) >= 11 is 0. The van der Waals surface area contributed by atoms with Crippen LogP contribution in [0.25, 0.3) is 0 Å². The molecule has 1 N–H and O–H groups in total. The number of non-ortho nitro benzene ring substituents is 1. The van der Waals surface area contributed by atoms with E-state index in [0.717, 1.165) is 11.3 Å². The van der Waals surface area contributed by atoms with E-state index >= 15 is 0 Å². The molecule has 0 spiro atoms. The first-order valence-corrected chi connectivity index (χ1v) is 10.3. The number of fused-ring (bicyclic) bond motifs is 3. The smallest absolute Gasteiger partial charge is 0.269 e. The Hall–Kier alpha value is -3.20. The second-order valence-electron chi connectivity index (χ2n) is 7.82. The number of piperazine rings is 1. The van der Waals surface area contributed by atoms with Gasteiger partial charge >= 0.3 is 0 Å². The molecule has 0 bridgehead atoms. The van der Waals surface area contributed by atoms with Crippen LogP contribution in [0.4, 0.5) is 21.5 Å². The third kappa shape index (κ3) is 4.18. The molecule has 31 heavy (non-hydrogen) atoms. The van der Waals surface area contributed by atoms with Crippen molar-refractivity contribution in [1.82, 2.24) is 5.32 Å². The summed E-state index contributed by atoms with van der Waals surface area (Å²) in [5.41, 5.74) is 2.23. The maximum Gasteiger partial charge on any atom is 0.269 e. The van der Waals surface area contributed by atoms with E-state index in [-0.39, 0.29) is 23.5 Å². The summed E-state index contributed by atoms with van der Waals surface area (Å²) in [5, 5.41) is 14.2. The molecule has 0 aliphatic carbocycles. The molecule has 1 fully saturated rings. The zero-order valence-electron chi connectivity index (χ0n) is 17.3. The Kier molecular flexibility index (Phi) is 6.03. The summed E-state index contributed by atoms with van der Waals surface area (Å²) in [4.78, 5) is 28.0. The second kappa shape index (κ2) is 8.89. The highest BCUT2D eigenvalue weighted by molar-refractivity contribution is 5.82. The van der Waals surface area contributed by atoms with Crippen molar-refractivity contribution in [2.24, 2.45) is 5.92 Å². The number of halogens is 1. The Morgan fingerprint density at radius 1 is 1.26 bits per heavy atom. The van der Waals surface area contributed by atoms with Gasteiger partial charge in [-0.05, 0) is 30.2 Å². The molecular weight excluding hydrogens is 403 g/mol. The van der Waals surface area contributed by atoms with Crippen molar-refractivity contribution in [3.05, 3.63) is 64.0 Å². The maximum atomic E-state index is 14.4. The number of rotatable bonds is 6. The van der Waals surface area contributed by atoms with Gasteiger partial charge in [0.25, 0.3) is 5.69 Å². The van der Waals surface area contributed by atoms with Crippen LogP contribution in [0.3, 0.4) is 0 Å². The maximum absolute atomic E-state index is 14.4. The molecule has 8 nitrogen and oxygen atoms in total. The summed E-state index contributed by atoms with van der Waals surface area (Å²) in [7, 11) is 1.57. The Morgan fingerprint density at radius 3 is 2.81 bits per heavy atom. The first kappa shape index (κ1) is 21.0. The topological polar surface area (TPSA) is 87.9 Å². The molecule has 164 valence electrons. The molecule has 0 saturated carbocycles. The Labute approximate surface area is 179 Å². The molecule has 9 heteroatoms. The molecule has 2 aromatic carbocycles. The molecule has 0 radical (unpaired) electrons. The monoisotopic (exact) mass is 428 g/mol. The van der Waals surface area contributed by atoms with Gasteiger partial charge in [0.1, 0.15) is 5.82 Å². The first-order valence-electron chi connectivity index (χ1n) is 10.3. The highest BCUT2D eigenvalue weighted by Crippen LogP contribution is 2.38. The van der Waals surface area contributed by atoms with Gasteiger partial charge in [-0.3, -0.25) is 14.9 Å². The lowest BCUT2D eigenvalue weighted by Gasteiger charge is -2.49. The molecule has 2 aliphatic rings. The van der Waals surface area contributed by atoms with Gasteiger partial charge in [-0.2, -0.15) is 0 Å². The van der Waals surface area contributed by atoms with Gasteiger partial charge in [-0.1, -0.05) is 12.1 Å². The van der Waals surface area contributed by atoms with Crippen LogP contribution in [-0.2, 0) is 16.0 Å². The van der Waals surface area contributed by atoms with E-state index in [4.69, 9.17) is 4.74 Å². The molecule has 1 saturated heterocycles. The molecule has 0 aromatic heterocycles. The third-order valence-corrected chi connectivity index (χ3v) is 6.04. The number of nitrogens with one attached hydrogen (secondary N) is 1. The van der Waals surface area contributed by atoms with Crippen molar-refractivity contribution in [2.45, 2.75) is 12.5 Å². The summed E-state index contributed by atoms with van der Waals surface area (Å²) < 4.78 is 19.4. The Morgan fingerprint density at radius 2 is 2.06 bits per heavy atom. The summed E-state index contributed by atoms with van der Waals surface area (Å²) in [6, 6.07) is 11.3. The number of hydrogen-bond donors (Lipinski definition) is 1. The van der Waals surface area contributed by atoms with Gasteiger partial charge in [-0.15, -0.1) is 0 Å². The van der Waals surface area contributed by atoms with Crippen molar-refractivity contribution in [1.29, 1.82) is 0 Å². The van der Waals surface area contributed by atoms with E-state index in [1.54, 1.807) is 37.4 Å². The minimum atomic E-state index is -0.420. The molecule has 2 aromatic rings. The number of carbonyl (C=O) groups excluding carboxylic acids is 1. The number of nitro benzene ring substituents is 1. The van der Waals surface area contributed by atoms with Crippen molar-refractivity contribution in [3.8, 4) is 0 Å². The van der Waals surface area contributed by atoms with Crippen LogP contribution in [-0.4, -0.2) is 56.8 Å². The van der Waals surface area contributed by atoms with E-state index < -0.39 is 10.8 Å². The van der Waals surface area contributed by atoms with Crippen molar-refractivity contribution >= 4 is 23.0 Å². The first-order chi connectivity index (χ1) is 15.0. The molecule has 1 amide bonds. The highest BCUT2D eigenvalue weighted by atomic mass is 19.1. The zero-order valence-corrected chi connectivity index (χ0v) is 17.3. The number of nitro groups is 1. The number of para-hydroxylation sites is 1. The number of ether oxygens (including phenoxy) is 1. The fourth-order valence-electron chi connectivity index (χ4n) is 4.56. The van der Waals surface area contributed by atoms with Crippen molar-refractivity contribution in [3.63, 3.8) is 0 Å². The SMILES string of the molecule is COCCNC(=O)C1Cc2cc([N+](=O)[O-])ccc2N2CCN(c3ccccc3F)CC12. The number of methoxy groups -OCH3 is 1. The molecule has 2 unspecified atom stereocenters. The van der Waals surface area contributed by atoms with Gasteiger partial charge in [0, 0.05) is 51.1 Å². The van der Waals surface area contributed by atoms with Gasteiger partial charge in [0.05, 0.1) is 29.2 Å². The molecule has 2 aliphatic heterocycles. The lowest BCUT2D eigenvalue weighted by atomic mass is 9.83. The van der Waals surface area contributed by atoms with Gasteiger partial charge in [0.2, 0.25) is 5.91 Å². The van der Waals surface area contributed by atoms with Gasteiger partial charge in [-0.25, -0.2) is 4.39 Å². The second-order valence-corrected chi connectivity index (χ2v) is 7.82. The van der Waals surface area contributed by atoms with E-state index in [1.165, 1.54) is 12.1 Å². The lowest BCUT2D eigenvalue weighted by Crippen LogP contribution is -2.61. The number of amides is 1. The summed E-state index contributed by atoms with van der Waals surface area (Å²) in [5.74, 6) is -0.829. The Balaban J connectivity index is 1.65. The number of carbonyl (C=O) groups is 1. The largest absolute Gasteiger partial charge is 0.383 e. The standard InChI is InChI=1S/C22H25FN4O4/c1-31-11-8-24-22(28)17-13-15-12-16(27(29)30)6-7-19(15)26-10-9-25(14-21(17)26)20-5-3-2-4-18(20)23/h2-7,12,17,21H,8-11,13-14H2,1H3,(H,24,28). The van der Waals surface area contributed by atoms with Gasteiger partial charge < -0.3 is 19.9 Å². The predicted molar refractivity (Wildman–Crippen MR) is 115 cm³/mol. The van der Waals surface area contributed by atoms with Crippen molar-refractivity contribution < 1.29 is 18.8 Å². The lowest BCUT2D eigenvalue weighted by molar-refractivity contribution is -0.384. The molecule has 2 heterocycles. The third-order valence-electron chi connectivity index (χ3n) is 6.04. The highest BCUT2D eigenvalue weighted by Gasteiger charge is 2.42. The molecule has 2 atom stereocenters. The number of anilines is 2. The zero-order chi connectivity index (χ0) is 22.0. The predicted octanol–water partition coefficient (Wildman–Crippen LogP) is 2.36. The van der Waals surface area contributed by atoms with E-state index in [1.807, 2.05) is 4.90 Å². The number of hydrogen-bond acceptors (Lipinski definition) is 6. The minimum Gasteiger partial charge on any atom is -0.383 e. The van der Waals surface area contributed by atoms with E-state index in [2.05, 4.69) is 10.2 Å². The van der Waals surface area contributed by atoms with E-state index in [0.29, 0.717) is 44.9 Å². The van der Waals surface area contributed by atoms with Crippen LogP contribution in [0.2, 0.25) is 0 Å². The average molecular weight is 428 g/mol. The van der Waals surface area contributed by atoms with Gasteiger partial charge in [0.15, 0.2) is 0 Å². The summed E-state index contributed by atoms with van der Waals surface area (Å²) in [6.07, 6.45) is 0.391. The van der Waals surface area contributed by atoms with Crippen LogP contribution in [0.5, 0.6) is 0 Å². The van der Waals surface area contributed by atoms with Crippen LogP contribution < -0.4 is 15.1 Å². The number of nitrogens with zero attached hydrogens (tertiary/aromatic N) is 3. The number of benzene rings is 2. The van der Waals surface area contributed by atoms with Crippen LogP contribution in [0.1, 0.15) is 5.56 Å².